The molecule has 0 bridgehead atoms. The highest BCUT2D eigenvalue weighted by Gasteiger charge is 2.27. The zero-order chi connectivity index (χ0) is 16.3. The predicted molar refractivity (Wildman–Crippen MR) is 85.5 cm³/mol. The first-order valence-electron chi connectivity index (χ1n) is 7.64. The number of imidazole rings is 1. The molecule has 1 saturated heterocycles. The Bertz CT molecular complexity index is 746. The average Bonchev–Trinajstić information content (AvgIpc) is 3.06. The monoisotopic (exact) mass is 336 g/mol. The highest BCUT2D eigenvalue weighted by Crippen LogP contribution is 2.17. The topological polar surface area (TPSA) is 93.0 Å². The fourth-order valence-corrected chi connectivity index (χ4v) is 3.85. The van der Waals surface area contributed by atoms with E-state index in [0.29, 0.717) is 19.0 Å². The van der Waals surface area contributed by atoms with E-state index < -0.39 is 10.0 Å². The molecule has 0 saturated carbocycles. The van der Waals surface area contributed by atoms with Crippen LogP contribution in [0.2, 0.25) is 0 Å². The number of anilines is 1. The molecule has 0 amide bonds. The van der Waals surface area contributed by atoms with Gasteiger partial charge >= 0.3 is 0 Å². The van der Waals surface area contributed by atoms with Crippen LogP contribution in [-0.2, 0) is 16.6 Å². The second-order valence-electron chi connectivity index (χ2n) is 5.50. The van der Waals surface area contributed by atoms with Crippen molar-refractivity contribution in [2.45, 2.75) is 37.4 Å². The maximum Gasteiger partial charge on any atom is 0.259 e. The molecule has 1 aliphatic rings. The van der Waals surface area contributed by atoms with E-state index in [0.717, 1.165) is 19.4 Å². The first kappa shape index (κ1) is 15.9. The Morgan fingerprint density at radius 2 is 2.09 bits per heavy atom. The molecule has 0 spiro atoms. The van der Waals surface area contributed by atoms with Crippen LogP contribution < -0.4 is 9.62 Å². The Morgan fingerprint density at radius 3 is 2.78 bits per heavy atom. The minimum absolute atomic E-state index is 0.0624. The van der Waals surface area contributed by atoms with Gasteiger partial charge in [-0.3, -0.25) is 0 Å². The van der Waals surface area contributed by atoms with Crippen LogP contribution in [0.3, 0.4) is 0 Å². The third-order valence-electron chi connectivity index (χ3n) is 3.83. The standard InChI is InChI=1S/C14H20N6O2S/c1-2-19-10-13(17-11-19)23(21,22)18-12-5-3-8-20(9-12)14-15-6-4-7-16-14/h4,6-7,10-12,18H,2-3,5,8-9H2,1H3/t12-/m1/s1. The van der Waals surface area contributed by atoms with Gasteiger partial charge < -0.3 is 9.47 Å². The Balaban J connectivity index is 1.69. The van der Waals surface area contributed by atoms with Gasteiger partial charge in [-0.25, -0.2) is 28.1 Å². The molecular weight excluding hydrogens is 316 g/mol. The molecule has 1 aliphatic heterocycles. The number of aromatic nitrogens is 4. The van der Waals surface area contributed by atoms with Crippen molar-refractivity contribution in [3.05, 3.63) is 31.0 Å². The van der Waals surface area contributed by atoms with E-state index in [9.17, 15) is 8.42 Å². The summed E-state index contributed by atoms with van der Waals surface area (Å²) in [6.07, 6.45) is 8.12. The van der Waals surface area contributed by atoms with Gasteiger partial charge in [-0.05, 0) is 25.8 Å². The summed E-state index contributed by atoms with van der Waals surface area (Å²) in [5.41, 5.74) is 0. The molecular formula is C14H20N6O2S. The van der Waals surface area contributed by atoms with Crippen molar-refractivity contribution in [2.24, 2.45) is 0 Å². The minimum atomic E-state index is -3.60. The van der Waals surface area contributed by atoms with Crippen LogP contribution in [0.5, 0.6) is 0 Å². The average molecular weight is 336 g/mol. The second kappa shape index (κ2) is 6.63. The summed E-state index contributed by atoms with van der Waals surface area (Å²) < 4.78 is 29.4. The molecule has 3 heterocycles. The smallest absolute Gasteiger partial charge is 0.259 e. The summed E-state index contributed by atoms with van der Waals surface area (Å²) in [6.45, 7) is 4.00. The number of rotatable bonds is 5. The molecule has 1 atom stereocenters. The predicted octanol–water partition coefficient (Wildman–Crippen LogP) is 0.640. The third-order valence-corrected chi connectivity index (χ3v) is 5.23. The van der Waals surface area contributed by atoms with Gasteiger partial charge in [0.05, 0.1) is 6.33 Å². The number of hydrogen-bond donors (Lipinski definition) is 1. The number of hydrogen-bond acceptors (Lipinski definition) is 6. The zero-order valence-electron chi connectivity index (χ0n) is 13.0. The zero-order valence-corrected chi connectivity index (χ0v) is 13.8. The Labute approximate surface area is 135 Å². The SMILES string of the molecule is CCn1cnc(S(=O)(=O)N[C@@H]2CCCN(c3ncccn3)C2)c1. The number of nitrogens with zero attached hydrogens (tertiary/aromatic N) is 5. The summed E-state index contributed by atoms with van der Waals surface area (Å²) in [5, 5.41) is 0.0624. The van der Waals surface area contributed by atoms with E-state index in [1.165, 1.54) is 6.33 Å². The van der Waals surface area contributed by atoms with Crippen LogP contribution in [-0.4, -0.2) is 47.1 Å². The summed E-state index contributed by atoms with van der Waals surface area (Å²) >= 11 is 0. The van der Waals surface area contributed by atoms with Gasteiger partial charge in [-0.1, -0.05) is 0 Å². The molecule has 0 radical (unpaired) electrons. The van der Waals surface area contributed by atoms with Crippen molar-refractivity contribution in [3.63, 3.8) is 0 Å². The molecule has 1 N–H and O–H groups in total. The highest BCUT2D eigenvalue weighted by molar-refractivity contribution is 7.89. The molecule has 0 unspecified atom stereocenters. The lowest BCUT2D eigenvalue weighted by molar-refractivity contribution is 0.461. The Hall–Kier alpha value is -2.00. The van der Waals surface area contributed by atoms with Crippen molar-refractivity contribution >= 4 is 16.0 Å². The lowest BCUT2D eigenvalue weighted by atomic mass is 10.1. The van der Waals surface area contributed by atoms with E-state index in [1.54, 1.807) is 29.2 Å². The van der Waals surface area contributed by atoms with E-state index in [1.807, 2.05) is 11.8 Å². The van der Waals surface area contributed by atoms with E-state index >= 15 is 0 Å². The molecule has 8 nitrogen and oxygen atoms in total. The fraction of sp³-hybridized carbons (Fsp3) is 0.500. The van der Waals surface area contributed by atoms with E-state index in [4.69, 9.17) is 0 Å². The van der Waals surface area contributed by atoms with Crippen molar-refractivity contribution in [1.29, 1.82) is 0 Å². The Morgan fingerprint density at radius 1 is 1.30 bits per heavy atom. The van der Waals surface area contributed by atoms with Gasteiger partial charge in [0.1, 0.15) is 0 Å². The first-order valence-corrected chi connectivity index (χ1v) is 9.13. The van der Waals surface area contributed by atoms with Crippen LogP contribution >= 0.6 is 0 Å². The lowest BCUT2D eigenvalue weighted by Crippen LogP contribution is -2.48. The summed E-state index contributed by atoms with van der Waals surface area (Å²) in [7, 11) is -3.60. The largest absolute Gasteiger partial charge is 0.339 e. The Kier molecular flexibility index (Phi) is 4.58. The molecule has 23 heavy (non-hydrogen) atoms. The first-order chi connectivity index (χ1) is 11.1. The van der Waals surface area contributed by atoms with Crippen LogP contribution in [0.4, 0.5) is 5.95 Å². The molecule has 0 aliphatic carbocycles. The highest BCUT2D eigenvalue weighted by atomic mass is 32.2. The van der Waals surface area contributed by atoms with Gasteiger partial charge in [-0.2, -0.15) is 0 Å². The van der Waals surface area contributed by atoms with Crippen LogP contribution in [0.1, 0.15) is 19.8 Å². The third kappa shape index (κ3) is 3.67. The molecule has 0 aromatic carbocycles. The van der Waals surface area contributed by atoms with Gasteiger partial charge in [0.25, 0.3) is 10.0 Å². The summed E-state index contributed by atoms with van der Waals surface area (Å²) in [6, 6.07) is 1.59. The van der Waals surface area contributed by atoms with Gasteiger partial charge in [0.2, 0.25) is 5.95 Å². The van der Waals surface area contributed by atoms with Crippen LogP contribution in [0, 0.1) is 0 Å². The van der Waals surface area contributed by atoms with Gasteiger partial charge in [-0.15, -0.1) is 0 Å². The summed E-state index contributed by atoms with van der Waals surface area (Å²) in [5.74, 6) is 0.631. The van der Waals surface area contributed by atoms with Crippen molar-refractivity contribution < 1.29 is 8.42 Å². The van der Waals surface area contributed by atoms with Crippen molar-refractivity contribution in [2.75, 3.05) is 18.0 Å². The molecule has 9 heteroatoms. The number of piperidine rings is 1. The quantitative estimate of drug-likeness (QED) is 0.861. The van der Waals surface area contributed by atoms with Gasteiger partial charge in [0, 0.05) is 44.3 Å². The van der Waals surface area contributed by atoms with E-state index in [-0.39, 0.29) is 11.1 Å². The summed E-state index contributed by atoms with van der Waals surface area (Å²) in [4.78, 5) is 14.4. The van der Waals surface area contributed by atoms with Crippen LogP contribution in [0.15, 0.2) is 36.0 Å². The number of aryl methyl sites for hydroxylation is 1. The molecule has 2 aromatic heterocycles. The number of sulfonamides is 1. The van der Waals surface area contributed by atoms with E-state index in [2.05, 4.69) is 19.7 Å². The molecule has 2 aromatic rings. The molecule has 3 rings (SSSR count). The van der Waals surface area contributed by atoms with Crippen molar-refractivity contribution in [1.82, 2.24) is 24.2 Å². The van der Waals surface area contributed by atoms with Gasteiger partial charge in [0.15, 0.2) is 5.03 Å². The van der Waals surface area contributed by atoms with Crippen LogP contribution in [0.25, 0.3) is 0 Å². The minimum Gasteiger partial charge on any atom is -0.339 e. The maximum absolute atomic E-state index is 12.4. The fourth-order valence-electron chi connectivity index (χ4n) is 2.64. The molecule has 124 valence electrons. The molecule has 1 fully saturated rings. The second-order valence-corrected chi connectivity index (χ2v) is 7.16. The van der Waals surface area contributed by atoms with Crippen molar-refractivity contribution in [3.8, 4) is 0 Å². The normalized spacial score (nSPS) is 19.0. The number of nitrogens with one attached hydrogen (secondary N) is 1. The lowest BCUT2D eigenvalue weighted by Gasteiger charge is -2.32. The maximum atomic E-state index is 12.4.